The van der Waals surface area contributed by atoms with Crippen LogP contribution < -0.4 is 0 Å². The lowest BCUT2D eigenvalue weighted by Gasteiger charge is -2.43. The van der Waals surface area contributed by atoms with Crippen molar-refractivity contribution in [2.45, 2.75) is 44.6 Å². The molecular formula is C25H29Cl2NO. The van der Waals surface area contributed by atoms with Gasteiger partial charge in [0.25, 0.3) is 0 Å². The highest BCUT2D eigenvalue weighted by Gasteiger charge is 2.37. The monoisotopic (exact) mass is 429 g/mol. The van der Waals surface area contributed by atoms with Gasteiger partial charge < -0.3 is 4.90 Å². The number of nitrogens with zero attached hydrogens (tertiary/aromatic N) is 1. The highest BCUT2D eigenvalue weighted by atomic mass is 35.5. The highest BCUT2D eigenvalue weighted by Crippen LogP contribution is 2.38. The molecule has 1 heterocycles. The molecule has 154 valence electrons. The predicted molar refractivity (Wildman–Crippen MR) is 122 cm³/mol. The number of likely N-dealkylation sites (tertiary alicyclic amines) is 1. The standard InChI is InChI=1S/C19H24ClNO.C6H5Cl/c1-2-4-16-9-12-18(15-7-10-17(20)11-8-15)21(19(16)22)13-14-5-3-6-14;7-6-4-2-1-3-5-6/h2,7-8,10-11,14,16,18H,1,3-6,9,12-13H2;1-5H/t16?,18-;/m0./s1. The van der Waals surface area contributed by atoms with Crippen molar-refractivity contribution in [3.05, 3.63) is 82.9 Å². The fourth-order valence-electron chi connectivity index (χ4n) is 4.06. The Kier molecular flexibility index (Phi) is 8.20. The Hall–Kier alpha value is -1.77. The molecular weight excluding hydrogens is 401 g/mol. The summed E-state index contributed by atoms with van der Waals surface area (Å²) in [5.74, 6) is 1.14. The van der Waals surface area contributed by atoms with Crippen LogP contribution in [0, 0.1) is 11.8 Å². The number of benzene rings is 2. The molecule has 0 aromatic heterocycles. The number of allylic oxidation sites excluding steroid dienone is 1. The molecule has 2 atom stereocenters. The normalized spacial score (nSPS) is 21.7. The number of rotatable bonds is 5. The van der Waals surface area contributed by atoms with Crippen molar-refractivity contribution in [2.24, 2.45) is 11.8 Å². The molecule has 1 amide bonds. The molecule has 2 nitrogen and oxygen atoms in total. The van der Waals surface area contributed by atoms with Crippen LogP contribution >= 0.6 is 23.2 Å². The molecule has 2 fully saturated rings. The van der Waals surface area contributed by atoms with Gasteiger partial charge in [-0.2, -0.15) is 0 Å². The fraction of sp³-hybridized carbons (Fsp3) is 0.400. The van der Waals surface area contributed by atoms with E-state index in [1.807, 2.05) is 48.5 Å². The van der Waals surface area contributed by atoms with Crippen LogP contribution in [0.4, 0.5) is 0 Å². The van der Waals surface area contributed by atoms with Crippen LogP contribution in [-0.4, -0.2) is 17.4 Å². The summed E-state index contributed by atoms with van der Waals surface area (Å²) < 4.78 is 0. The Morgan fingerprint density at radius 2 is 1.59 bits per heavy atom. The van der Waals surface area contributed by atoms with Crippen LogP contribution in [0.3, 0.4) is 0 Å². The smallest absolute Gasteiger partial charge is 0.226 e. The van der Waals surface area contributed by atoms with Gasteiger partial charge in [0.15, 0.2) is 0 Å². The molecule has 2 aromatic rings. The average Bonchev–Trinajstić information content (AvgIpc) is 2.69. The van der Waals surface area contributed by atoms with E-state index in [-0.39, 0.29) is 12.0 Å². The number of hydrogen-bond donors (Lipinski definition) is 0. The summed E-state index contributed by atoms with van der Waals surface area (Å²) in [4.78, 5) is 15.0. The molecule has 1 aliphatic heterocycles. The minimum atomic E-state index is 0.126. The Bertz CT molecular complexity index is 786. The van der Waals surface area contributed by atoms with Gasteiger partial charge in [0, 0.05) is 22.5 Å². The number of carbonyl (C=O) groups excluding carboxylic acids is 1. The highest BCUT2D eigenvalue weighted by molar-refractivity contribution is 6.30. The van der Waals surface area contributed by atoms with E-state index in [0.717, 1.165) is 35.9 Å². The lowest BCUT2D eigenvalue weighted by molar-refractivity contribution is -0.143. The first-order valence-corrected chi connectivity index (χ1v) is 11.2. The zero-order chi connectivity index (χ0) is 20.6. The van der Waals surface area contributed by atoms with Crippen molar-refractivity contribution in [3.8, 4) is 0 Å². The quantitative estimate of drug-likeness (QED) is 0.455. The first-order chi connectivity index (χ1) is 14.1. The summed E-state index contributed by atoms with van der Waals surface area (Å²) in [5, 5.41) is 1.54. The van der Waals surface area contributed by atoms with Gasteiger partial charge in [0.05, 0.1) is 6.04 Å². The Labute approximate surface area is 184 Å². The molecule has 4 heteroatoms. The van der Waals surface area contributed by atoms with Crippen molar-refractivity contribution >= 4 is 29.1 Å². The maximum Gasteiger partial charge on any atom is 0.226 e. The summed E-state index contributed by atoms with van der Waals surface area (Å²) in [7, 11) is 0. The summed E-state index contributed by atoms with van der Waals surface area (Å²) >= 11 is 11.5. The second-order valence-electron chi connectivity index (χ2n) is 7.95. The van der Waals surface area contributed by atoms with E-state index in [0.29, 0.717) is 11.8 Å². The van der Waals surface area contributed by atoms with E-state index in [2.05, 4.69) is 23.6 Å². The molecule has 0 N–H and O–H groups in total. The van der Waals surface area contributed by atoms with Crippen LogP contribution in [0.1, 0.15) is 50.1 Å². The van der Waals surface area contributed by atoms with Crippen LogP contribution in [0.2, 0.25) is 10.0 Å². The molecule has 0 radical (unpaired) electrons. The first kappa shape index (κ1) is 21.9. The maximum atomic E-state index is 12.9. The van der Waals surface area contributed by atoms with Crippen LogP contribution in [0.15, 0.2) is 67.3 Å². The van der Waals surface area contributed by atoms with E-state index in [1.54, 1.807) is 0 Å². The lowest BCUT2D eigenvalue weighted by atomic mass is 9.81. The molecule has 4 rings (SSSR count). The predicted octanol–water partition coefficient (Wildman–Crippen LogP) is 7.34. The van der Waals surface area contributed by atoms with E-state index in [4.69, 9.17) is 23.2 Å². The topological polar surface area (TPSA) is 20.3 Å². The Balaban J connectivity index is 0.000000290. The minimum absolute atomic E-state index is 0.126. The zero-order valence-electron chi connectivity index (χ0n) is 16.8. The van der Waals surface area contributed by atoms with Gasteiger partial charge >= 0.3 is 0 Å². The minimum Gasteiger partial charge on any atom is -0.335 e. The maximum absolute atomic E-state index is 12.9. The fourth-order valence-corrected chi connectivity index (χ4v) is 4.33. The van der Waals surface area contributed by atoms with E-state index in [1.165, 1.54) is 24.8 Å². The number of piperidine rings is 1. The van der Waals surface area contributed by atoms with Crippen molar-refractivity contribution in [3.63, 3.8) is 0 Å². The molecule has 1 unspecified atom stereocenters. The zero-order valence-corrected chi connectivity index (χ0v) is 18.3. The second kappa shape index (κ2) is 10.8. The molecule has 1 saturated carbocycles. The molecule has 2 aromatic carbocycles. The Morgan fingerprint density at radius 3 is 2.10 bits per heavy atom. The van der Waals surface area contributed by atoms with Crippen molar-refractivity contribution < 1.29 is 4.79 Å². The van der Waals surface area contributed by atoms with Gasteiger partial charge in [-0.15, -0.1) is 6.58 Å². The molecule has 0 bridgehead atoms. The van der Waals surface area contributed by atoms with Crippen LogP contribution in [-0.2, 0) is 4.79 Å². The van der Waals surface area contributed by atoms with Gasteiger partial charge in [-0.1, -0.05) is 66.0 Å². The third-order valence-electron chi connectivity index (χ3n) is 5.92. The third kappa shape index (κ3) is 6.10. The van der Waals surface area contributed by atoms with E-state index < -0.39 is 0 Å². The van der Waals surface area contributed by atoms with Gasteiger partial charge in [0.1, 0.15) is 0 Å². The largest absolute Gasteiger partial charge is 0.335 e. The second-order valence-corrected chi connectivity index (χ2v) is 8.82. The van der Waals surface area contributed by atoms with Gasteiger partial charge in [-0.25, -0.2) is 0 Å². The molecule has 1 saturated heterocycles. The van der Waals surface area contributed by atoms with Gasteiger partial charge in [-0.3, -0.25) is 4.79 Å². The van der Waals surface area contributed by atoms with Crippen molar-refractivity contribution in [2.75, 3.05) is 6.54 Å². The summed E-state index contributed by atoms with van der Waals surface area (Å²) in [6.07, 6.45) is 8.53. The Morgan fingerprint density at radius 1 is 0.931 bits per heavy atom. The van der Waals surface area contributed by atoms with E-state index >= 15 is 0 Å². The first-order valence-electron chi connectivity index (χ1n) is 10.5. The van der Waals surface area contributed by atoms with Crippen molar-refractivity contribution in [1.29, 1.82) is 0 Å². The SMILES string of the molecule is C=CCC1CC[C@@H](c2ccc(Cl)cc2)N(CC2CCC2)C1=O.Clc1ccccc1. The van der Waals surface area contributed by atoms with Crippen molar-refractivity contribution in [1.82, 2.24) is 4.90 Å². The van der Waals surface area contributed by atoms with E-state index in [9.17, 15) is 4.79 Å². The van der Waals surface area contributed by atoms with Gasteiger partial charge in [0.2, 0.25) is 5.91 Å². The third-order valence-corrected chi connectivity index (χ3v) is 6.42. The number of amides is 1. The molecule has 2 aliphatic rings. The number of carbonyl (C=O) groups is 1. The lowest BCUT2D eigenvalue weighted by Crippen LogP contribution is -2.46. The average molecular weight is 430 g/mol. The van der Waals surface area contributed by atoms with Crippen LogP contribution in [0.25, 0.3) is 0 Å². The summed E-state index contributed by atoms with van der Waals surface area (Å²) in [6.45, 7) is 4.72. The number of hydrogen-bond acceptors (Lipinski definition) is 1. The summed E-state index contributed by atoms with van der Waals surface area (Å²) in [5.41, 5.74) is 1.22. The molecule has 29 heavy (non-hydrogen) atoms. The number of halogens is 2. The summed E-state index contributed by atoms with van der Waals surface area (Å²) in [6, 6.07) is 17.7. The van der Waals surface area contributed by atoms with Gasteiger partial charge in [-0.05, 0) is 67.9 Å². The van der Waals surface area contributed by atoms with Crippen LogP contribution in [0.5, 0.6) is 0 Å². The molecule has 1 aliphatic carbocycles. The molecule has 0 spiro atoms.